The molecular formula is C13H15F3N2O2S. The summed E-state index contributed by atoms with van der Waals surface area (Å²) in [4.78, 5) is 2.96. The van der Waals surface area contributed by atoms with E-state index in [9.17, 15) is 21.6 Å². The highest BCUT2D eigenvalue weighted by Crippen LogP contribution is 2.32. The molecule has 0 radical (unpaired) electrons. The van der Waals surface area contributed by atoms with Crippen molar-refractivity contribution in [1.82, 2.24) is 9.29 Å². The number of nitrogens with zero attached hydrogens (tertiary/aromatic N) is 2. The fourth-order valence-corrected chi connectivity index (χ4v) is 3.29. The molecule has 1 heterocycles. The lowest BCUT2D eigenvalue weighted by atomic mass is 10.3. The van der Waals surface area contributed by atoms with Crippen LogP contribution in [0.5, 0.6) is 0 Å². The van der Waals surface area contributed by atoms with E-state index in [4.69, 9.17) is 0 Å². The van der Waals surface area contributed by atoms with Crippen molar-refractivity contribution in [1.29, 1.82) is 0 Å². The van der Waals surface area contributed by atoms with Crippen LogP contribution in [-0.2, 0) is 16.2 Å². The van der Waals surface area contributed by atoms with E-state index in [-0.39, 0.29) is 11.4 Å². The summed E-state index contributed by atoms with van der Waals surface area (Å²) in [5, 5.41) is 0. The first kappa shape index (κ1) is 16.0. The van der Waals surface area contributed by atoms with E-state index in [2.05, 4.69) is 11.6 Å². The van der Waals surface area contributed by atoms with Crippen LogP contribution in [0.15, 0.2) is 35.9 Å². The molecule has 0 unspecified atom stereocenters. The Labute approximate surface area is 121 Å². The van der Waals surface area contributed by atoms with Crippen molar-refractivity contribution in [2.24, 2.45) is 5.92 Å². The van der Waals surface area contributed by atoms with Crippen LogP contribution in [0.1, 0.15) is 18.5 Å². The van der Waals surface area contributed by atoms with Crippen molar-refractivity contribution in [3.8, 4) is 0 Å². The zero-order valence-electron chi connectivity index (χ0n) is 11.2. The number of pyridine rings is 1. The Bertz CT molecular complexity index is 607. The van der Waals surface area contributed by atoms with Gasteiger partial charge in [-0.15, -0.1) is 6.58 Å². The second-order valence-corrected chi connectivity index (χ2v) is 6.87. The summed E-state index contributed by atoms with van der Waals surface area (Å²) in [5.41, 5.74) is -1.11. The summed E-state index contributed by atoms with van der Waals surface area (Å²) in [7, 11) is -3.85. The van der Waals surface area contributed by atoms with Crippen molar-refractivity contribution in [2.45, 2.75) is 23.9 Å². The van der Waals surface area contributed by atoms with Crippen molar-refractivity contribution < 1.29 is 21.6 Å². The number of alkyl halides is 3. The molecule has 1 fully saturated rings. The molecule has 0 amide bonds. The maximum atomic E-state index is 12.4. The number of hydrogen-bond donors (Lipinski definition) is 0. The molecule has 1 aromatic rings. The Morgan fingerprint density at radius 3 is 2.48 bits per heavy atom. The molecule has 21 heavy (non-hydrogen) atoms. The fourth-order valence-electron chi connectivity index (χ4n) is 1.85. The lowest BCUT2D eigenvalue weighted by Gasteiger charge is -2.20. The molecule has 0 atom stereocenters. The van der Waals surface area contributed by atoms with Gasteiger partial charge in [0.25, 0.3) is 0 Å². The first-order valence-corrected chi connectivity index (χ1v) is 7.83. The van der Waals surface area contributed by atoms with Crippen LogP contribution < -0.4 is 0 Å². The second kappa shape index (κ2) is 5.76. The van der Waals surface area contributed by atoms with Crippen molar-refractivity contribution in [3.05, 3.63) is 36.7 Å². The third-order valence-electron chi connectivity index (χ3n) is 3.16. The van der Waals surface area contributed by atoms with Gasteiger partial charge in [-0.05, 0) is 30.9 Å². The highest BCUT2D eigenvalue weighted by molar-refractivity contribution is 7.89. The standard InChI is InChI=1S/C13H15F3N2O2S/c1-2-7-18(9-10-3-4-10)21(19,20)11-5-6-12(17-8-11)13(14,15)16/h2,5-6,8,10H,1,3-4,7,9H2. The summed E-state index contributed by atoms with van der Waals surface area (Å²) < 4.78 is 63.4. The molecule has 1 aliphatic rings. The van der Waals surface area contributed by atoms with Gasteiger partial charge in [0.15, 0.2) is 0 Å². The van der Waals surface area contributed by atoms with Gasteiger partial charge in [-0.3, -0.25) is 4.98 Å². The van der Waals surface area contributed by atoms with Gasteiger partial charge in [-0.2, -0.15) is 17.5 Å². The Morgan fingerprint density at radius 1 is 1.38 bits per heavy atom. The summed E-state index contributed by atoms with van der Waals surface area (Å²) in [5.74, 6) is 0.321. The summed E-state index contributed by atoms with van der Waals surface area (Å²) in [6.45, 7) is 3.99. The molecule has 2 rings (SSSR count). The topological polar surface area (TPSA) is 50.3 Å². The van der Waals surface area contributed by atoms with Gasteiger partial charge in [0.1, 0.15) is 10.6 Å². The number of aromatic nitrogens is 1. The molecule has 0 N–H and O–H groups in total. The molecule has 8 heteroatoms. The number of halogens is 3. The maximum Gasteiger partial charge on any atom is 0.433 e. The van der Waals surface area contributed by atoms with E-state index in [1.165, 1.54) is 10.4 Å². The Morgan fingerprint density at radius 2 is 2.05 bits per heavy atom. The van der Waals surface area contributed by atoms with Crippen LogP contribution in [-0.4, -0.2) is 30.8 Å². The average molecular weight is 320 g/mol. The number of sulfonamides is 1. The second-order valence-electron chi connectivity index (χ2n) is 4.93. The molecule has 1 aromatic heterocycles. The highest BCUT2D eigenvalue weighted by Gasteiger charge is 2.34. The van der Waals surface area contributed by atoms with Crippen LogP contribution in [0.25, 0.3) is 0 Å². The zero-order valence-corrected chi connectivity index (χ0v) is 12.0. The average Bonchev–Trinajstić information content (AvgIpc) is 3.21. The van der Waals surface area contributed by atoms with E-state index in [1.807, 2.05) is 0 Å². The summed E-state index contributed by atoms with van der Waals surface area (Å²) in [6, 6.07) is 1.62. The Balaban J connectivity index is 2.26. The van der Waals surface area contributed by atoms with E-state index < -0.39 is 21.9 Å². The smallest absolute Gasteiger partial charge is 0.250 e. The minimum atomic E-state index is -4.59. The van der Waals surface area contributed by atoms with Crippen LogP contribution in [0.2, 0.25) is 0 Å². The minimum Gasteiger partial charge on any atom is -0.250 e. The molecule has 1 aliphatic carbocycles. The first-order valence-electron chi connectivity index (χ1n) is 6.39. The zero-order chi connectivity index (χ0) is 15.7. The highest BCUT2D eigenvalue weighted by atomic mass is 32.2. The van der Waals surface area contributed by atoms with Crippen LogP contribution in [0.4, 0.5) is 13.2 Å². The SMILES string of the molecule is C=CCN(CC1CC1)S(=O)(=O)c1ccc(C(F)(F)F)nc1. The molecule has 4 nitrogen and oxygen atoms in total. The normalized spacial score (nSPS) is 16.2. The van der Waals surface area contributed by atoms with Gasteiger partial charge in [0.2, 0.25) is 10.0 Å². The lowest BCUT2D eigenvalue weighted by molar-refractivity contribution is -0.141. The van der Waals surface area contributed by atoms with Crippen LogP contribution in [0, 0.1) is 5.92 Å². The predicted molar refractivity (Wildman–Crippen MR) is 70.9 cm³/mol. The van der Waals surface area contributed by atoms with Crippen molar-refractivity contribution in [2.75, 3.05) is 13.1 Å². The van der Waals surface area contributed by atoms with Gasteiger partial charge in [-0.25, -0.2) is 8.42 Å². The molecular weight excluding hydrogens is 305 g/mol. The van der Waals surface area contributed by atoms with Gasteiger partial charge >= 0.3 is 6.18 Å². The third kappa shape index (κ3) is 3.82. The van der Waals surface area contributed by atoms with Crippen molar-refractivity contribution >= 4 is 10.0 Å². The lowest BCUT2D eigenvalue weighted by Crippen LogP contribution is -2.33. The van der Waals surface area contributed by atoms with Gasteiger partial charge < -0.3 is 0 Å². The van der Waals surface area contributed by atoms with Crippen molar-refractivity contribution in [3.63, 3.8) is 0 Å². The van der Waals surface area contributed by atoms with Crippen LogP contribution >= 0.6 is 0 Å². The largest absolute Gasteiger partial charge is 0.433 e. The molecule has 0 saturated heterocycles. The van der Waals surface area contributed by atoms with E-state index in [0.717, 1.165) is 25.1 Å². The quantitative estimate of drug-likeness (QED) is 0.757. The van der Waals surface area contributed by atoms with Gasteiger partial charge in [0.05, 0.1) is 0 Å². The third-order valence-corrected chi connectivity index (χ3v) is 4.97. The van der Waals surface area contributed by atoms with E-state index in [1.54, 1.807) is 0 Å². The monoisotopic (exact) mass is 320 g/mol. The minimum absolute atomic E-state index is 0.125. The first-order chi connectivity index (χ1) is 9.75. The maximum absolute atomic E-state index is 12.4. The Kier molecular flexibility index (Phi) is 4.38. The predicted octanol–water partition coefficient (Wildman–Crippen LogP) is 2.69. The molecule has 0 aromatic carbocycles. The number of hydrogen-bond acceptors (Lipinski definition) is 3. The van der Waals surface area contributed by atoms with Crippen LogP contribution in [0.3, 0.4) is 0 Å². The molecule has 0 aliphatic heterocycles. The fraction of sp³-hybridized carbons (Fsp3) is 0.462. The summed E-state index contributed by atoms with van der Waals surface area (Å²) >= 11 is 0. The molecule has 1 saturated carbocycles. The summed E-state index contributed by atoms with van der Waals surface area (Å²) in [6.07, 6.45) is -0.446. The number of rotatable bonds is 6. The molecule has 116 valence electrons. The van der Waals surface area contributed by atoms with Gasteiger partial charge in [-0.1, -0.05) is 6.08 Å². The van der Waals surface area contributed by atoms with E-state index >= 15 is 0 Å². The van der Waals surface area contributed by atoms with E-state index in [0.29, 0.717) is 18.5 Å². The molecule has 0 bridgehead atoms. The Hall–Kier alpha value is -1.41. The van der Waals surface area contributed by atoms with Gasteiger partial charge in [0, 0.05) is 19.3 Å². The molecule has 0 spiro atoms.